The van der Waals surface area contributed by atoms with Gasteiger partial charge in [0.1, 0.15) is 54.7 Å². The lowest BCUT2D eigenvalue weighted by Gasteiger charge is -2.33. The minimum absolute atomic E-state index is 0.0666. The monoisotopic (exact) mass is 1030 g/mol. The number of carbonyl (C=O) groups excluding carboxylic acids is 12. The van der Waals surface area contributed by atoms with Gasteiger partial charge in [-0.15, -0.1) is 11.8 Å². The number of aromatic amines is 1. The second kappa shape index (κ2) is 24.7. The highest BCUT2D eigenvalue weighted by atomic mass is 32.2. The Morgan fingerprint density at radius 3 is 2.12 bits per heavy atom. The summed E-state index contributed by atoms with van der Waals surface area (Å²) in [7, 11) is 0. The Balaban J connectivity index is 1.76. The van der Waals surface area contributed by atoms with Crippen molar-refractivity contribution in [2.24, 2.45) is 17.6 Å². The molecule has 10 atom stereocenters. The van der Waals surface area contributed by atoms with Gasteiger partial charge in [-0.1, -0.05) is 27.2 Å². The van der Waals surface area contributed by atoms with Gasteiger partial charge in [0.2, 0.25) is 53.2 Å². The van der Waals surface area contributed by atoms with Crippen LogP contribution in [-0.4, -0.2) is 167 Å². The number of ether oxygens (including phenoxy) is 3. The third kappa shape index (κ3) is 14.6. The molecule has 5 rings (SSSR count). The van der Waals surface area contributed by atoms with Gasteiger partial charge in [0.05, 0.1) is 30.6 Å². The fraction of sp³-hybridized carbons (Fsp3) is 0.556. The molecule has 3 unspecified atom stereocenters. The van der Waals surface area contributed by atoms with Crippen LogP contribution in [0.1, 0.15) is 66.4 Å². The first-order valence-electron chi connectivity index (χ1n) is 23.0. The van der Waals surface area contributed by atoms with E-state index in [4.69, 9.17) is 19.9 Å². The molecule has 2 bridgehead atoms. The molecule has 392 valence electrons. The number of rotatable bonds is 10. The van der Waals surface area contributed by atoms with E-state index in [9.17, 15) is 62.6 Å². The molecule has 26 nitrogen and oxygen atoms in total. The number of hydrogen-bond acceptors (Lipinski definition) is 17. The number of primary amides is 1. The van der Waals surface area contributed by atoms with Crippen LogP contribution in [0, 0.1) is 11.8 Å². The highest BCUT2D eigenvalue weighted by Gasteiger charge is 2.45. The number of esters is 3. The van der Waals surface area contributed by atoms with E-state index < -0.39 is 177 Å². The van der Waals surface area contributed by atoms with Gasteiger partial charge in [0.25, 0.3) is 0 Å². The Morgan fingerprint density at radius 1 is 0.806 bits per heavy atom. The average molecular weight is 1030 g/mol. The summed E-state index contributed by atoms with van der Waals surface area (Å²) in [5.41, 5.74) is 6.20. The summed E-state index contributed by atoms with van der Waals surface area (Å²) in [6.07, 6.45) is -4.13. The van der Waals surface area contributed by atoms with Crippen molar-refractivity contribution in [1.82, 2.24) is 47.1 Å². The summed E-state index contributed by atoms with van der Waals surface area (Å²) in [5, 5.41) is 29.1. The minimum Gasteiger partial charge on any atom is -0.462 e. The fourth-order valence-electron chi connectivity index (χ4n) is 8.31. The normalized spacial score (nSPS) is 25.3. The van der Waals surface area contributed by atoms with Crippen LogP contribution in [0.5, 0.6) is 5.75 Å². The Kier molecular flexibility index (Phi) is 19.1. The topological polar surface area (TPSA) is 382 Å². The highest BCUT2D eigenvalue weighted by Crippen LogP contribution is 2.34. The van der Waals surface area contributed by atoms with Crippen molar-refractivity contribution in [1.29, 1.82) is 0 Å². The Labute approximate surface area is 416 Å². The number of hydrogen-bond donors (Lipinski definition) is 10. The Morgan fingerprint density at radius 2 is 1.49 bits per heavy atom. The largest absolute Gasteiger partial charge is 0.462 e. The molecule has 9 amide bonds. The lowest BCUT2D eigenvalue weighted by Crippen LogP contribution is -2.62. The first kappa shape index (κ1) is 55.6. The average Bonchev–Trinajstić information content (AvgIpc) is 3.87. The highest BCUT2D eigenvalue weighted by molar-refractivity contribution is 7.99. The summed E-state index contributed by atoms with van der Waals surface area (Å²) in [4.78, 5) is 167. The maximum absolute atomic E-state index is 15.0. The zero-order chi connectivity index (χ0) is 53.1. The molecular weight excluding hydrogens is 969 g/mol. The molecule has 2 aromatic rings. The molecule has 1 fully saturated rings. The smallest absolute Gasteiger partial charge is 0.308 e. The number of aromatic nitrogens is 1. The molecule has 0 spiro atoms. The molecule has 0 radical (unpaired) electrons. The first-order chi connectivity index (χ1) is 33.9. The van der Waals surface area contributed by atoms with Crippen LogP contribution in [0.3, 0.4) is 0 Å². The maximum atomic E-state index is 15.0. The third-order valence-electron chi connectivity index (χ3n) is 12.2. The van der Waals surface area contributed by atoms with E-state index in [-0.39, 0.29) is 22.1 Å². The SMILES string of the molecule is CC[C@H](C)[C@@H]1NC(=O)CNC(=O)C2Cc3c([nH]c4ccc(OC(C)=O)cc34)SCC(NC(=O)CNC1=O)C(=O)NC(CC(N)=O)C(=O)N1C[C@H](O)C[C@H]1C(=O)N[C@@H]([C@@H](C)[C@H](COC(C)=O)OC(C)=O)C(=O)N2. The summed E-state index contributed by atoms with van der Waals surface area (Å²) in [5.74, 6) is -13.3. The quantitative estimate of drug-likeness (QED) is 0.0813. The van der Waals surface area contributed by atoms with Crippen LogP contribution in [-0.2, 0) is 73.4 Å². The van der Waals surface area contributed by atoms with Gasteiger partial charge >= 0.3 is 17.9 Å². The fourth-order valence-corrected chi connectivity index (χ4v) is 9.42. The Hall–Kier alpha value is -7.29. The van der Waals surface area contributed by atoms with Gasteiger partial charge in [-0.2, -0.15) is 0 Å². The molecule has 0 saturated carbocycles. The van der Waals surface area contributed by atoms with Crippen molar-refractivity contribution in [3.63, 3.8) is 0 Å². The third-order valence-corrected chi connectivity index (χ3v) is 13.3. The second-order valence-corrected chi connectivity index (χ2v) is 18.8. The molecule has 0 aliphatic carbocycles. The van der Waals surface area contributed by atoms with Gasteiger partial charge in [0, 0.05) is 62.7 Å². The van der Waals surface area contributed by atoms with Crippen LogP contribution in [0.2, 0.25) is 0 Å². The van der Waals surface area contributed by atoms with E-state index in [0.717, 1.165) is 30.5 Å². The van der Waals surface area contributed by atoms with E-state index in [0.29, 0.717) is 17.3 Å². The molecule has 11 N–H and O–H groups in total. The number of carbonyl (C=O) groups is 12. The van der Waals surface area contributed by atoms with Crippen molar-refractivity contribution >= 4 is 93.7 Å². The summed E-state index contributed by atoms with van der Waals surface area (Å²) >= 11 is 0.918. The molecule has 3 aliphatic rings. The zero-order valence-electron chi connectivity index (χ0n) is 40.4. The zero-order valence-corrected chi connectivity index (χ0v) is 41.2. The van der Waals surface area contributed by atoms with Crippen LogP contribution in [0.15, 0.2) is 23.2 Å². The molecule has 3 aliphatic heterocycles. The molecule has 1 saturated heterocycles. The van der Waals surface area contributed by atoms with Crippen LogP contribution in [0.25, 0.3) is 10.9 Å². The van der Waals surface area contributed by atoms with Crippen LogP contribution in [0.4, 0.5) is 0 Å². The number of amides is 9. The number of nitrogens with one attached hydrogen (secondary N) is 8. The predicted molar refractivity (Wildman–Crippen MR) is 250 cm³/mol. The molecule has 1 aromatic carbocycles. The van der Waals surface area contributed by atoms with Crippen molar-refractivity contribution in [3.05, 3.63) is 23.8 Å². The van der Waals surface area contributed by atoms with E-state index in [1.54, 1.807) is 19.9 Å². The van der Waals surface area contributed by atoms with Crippen molar-refractivity contribution < 1.29 is 76.9 Å². The molecular formula is C45H60N10O16S. The van der Waals surface area contributed by atoms with E-state index in [1.165, 1.54) is 26.0 Å². The summed E-state index contributed by atoms with van der Waals surface area (Å²) in [6.45, 7) is 5.47. The van der Waals surface area contributed by atoms with Gasteiger partial charge in [-0.05, 0) is 29.7 Å². The predicted octanol–water partition coefficient (Wildman–Crippen LogP) is -3.57. The number of nitrogens with two attached hydrogens (primary N) is 1. The van der Waals surface area contributed by atoms with Gasteiger partial charge in [-0.3, -0.25) is 57.5 Å². The van der Waals surface area contributed by atoms with Gasteiger partial charge in [-0.25, -0.2) is 0 Å². The number of thioether (sulfide) groups is 1. The molecule has 72 heavy (non-hydrogen) atoms. The van der Waals surface area contributed by atoms with Gasteiger partial charge < -0.3 is 72.2 Å². The number of aliphatic hydroxyl groups excluding tert-OH is 1. The molecule has 4 heterocycles. The van der Waals surface area contributed by atoms with Crippen LogP contribution < -0.4 is 47.7 Å². The number of benzene rings is 1. The number of aliphatic hydroxyl groups is 1. The molecule has 1 aromatic heterocycles. The second-order valence-electron chi connectivity index (χ2n) is 17.7. The van der Waals surface area contributed by atoms with Crippen molar-refractivity contribution in [3.8, 4) is 5.75 Å². The summed E-state index contributed by atoms with van der Waals surface area (Å²) in [6, 6.07) is -5.25. The lowest BCUT2D eigenvalue weighted by atomic mass is 9.93. The van der Waals surface area contributed by atoms with Crippen molar-refractivity contribution in [2.45, 2.75) is 121 Å². The lowest BCUT2D eigenvalue weighted by molar-refractivity contribution is -0.161. The Bertz CT molecular complexity index is 2480. The number of nitrogens with zero attached hydrogens (tertiary/aromatic N) is 1. The number of fused-ring (bicyclic) bond motifs is 5. The summed E-state index contributed by atoms with van der Waals surface area (Å²) < 4.78 is 16.0. The van der Waals surface area contributed by atoms with Crippen LogP contribution >= 0.6 is 11.8 Å². The van der Waals surface area contributed by atoms with E-state index in [1.807, 2.05) is 0 Å². The standard InChI is InChI=1S/C45H60N10O16S/c1-7-19(2)37-42(66)48-14-35(61)49-31-18-72-44-27(26-11-25(70-22(5)57)8-9-28(26)52-44)12-29(39(63)47-15-36(62)53-37)50-43(67)38(20(3)33(71-23(6)58)17-69-21(4)56)54-41(65)32-10-24(59)16-55(32)45(68)30(13-34(46)60)51-40(31)64/h8-9,11,19-20,24,29-33,37-38,52,59H,7,10,12-18H2,1-6H3,(H2,46,60)(H,47,63)(H,48,66)(H,49,61)(H,50,67)(H,51,64)(H,53,62)(H,54,65)/t19-,20-,24+,29?,30?,31?,32-,33-,37-,38-/m0/s1. The minimum atomic E-state index is -1.82. The van der Waals surface area contributed by atoms with E-state index in [2.05, 4.69) is 42.2 Å². The molecule has 27 heteroatoms. The van der Waals surface area contributed by atoms with E-state index >= 15 is 0 Å². The van der Waals surface area contributed by atoms with Gasteiger partial charge in [0.15, 0.2) is 0 Å². The van der Waals surface area contributed by atoms with Crippen molar-refractivity contribution in [2.75, 3.05) is 32.0 Å². The number of H-pyrrole nitrogens is 1. The first-order valence-corrected chi connectivity index (χ1v) is 24.0. The maximum Gasteiger partial charge on any atom is 0.308 e.